The number of nitrogens with one attached hydrogen (secondary N) is 1. The highest BCUT2D eigenvalue weighted by atomic mass is 32.2. The summed E-state index contributed by atoms with van der Waals surface area (Å²) in [7, 11) is -3.59. The van der Waals surface area contributed by atoms with Crippen molar-refractivity contribution < 1.29 is 13.5 Å². The highest BCUT2D eigenvalue weighted by Crippen LogP contribution is 2.26. The number of aliphatic hydroxyl groups is 1. The third-order valence-electron chi connectivity index (χ3n) is 4.26. The van der Waals surface area contributed by atoms with Gasteiger partial charge < -0.3 is 10.8 Å². The molecule has 2 unspecified atom stereocenters. The van der Waals surface area contributed by atoms with E-state index in [0.717, 1.165) is 37.7 Å². The van der Waals surface area contributed by atoms with Crippen LogP contribution in [0.4, 0.5) is 5.69 Å². The number of hydrogen-bond acceptors (Lipinski definition) is 4. The van der Waals surface area contributed by atoms with E-state index >= 15 is 0 Å². The van der Waals surface area contributed by atoms with Crippen LogP contribution >= 0.6 is 0 Å². The van der Waals surface area contributed by atoms with Crippen LogP contribution in [0.2, 0.25) is 0 Å². The third kappa shape index (κ3) is 3.75. The fraction of sp³-hybridized carbons (Fsp3) is 0.600. The van der Waals surface area contributed by atoms with Crippen molar-refractivity contribution >= 4 is 15.7 Å². The molecule has 2 atom stereocenters. The van der Waals surface area contributed by atoms with Gasteiger partial charge in [0.15, 0.2) is 0 Å². The van der Waals surface area contributed by atoms with Crippen molar-refractivity contribution in [2.45, 2.75) is 50.0 Å². The van der Waals surface area contributed by atoms with Gasteiger partial charge >= 0.3 is 0 Å². The van der Waals surface area contributed by atoms with Gasteiger partial charge in [0, 0.05) is 18.3 Å². The zero-order chi connectivity index (χ0) is 15.5. The minimum atomic E-state index is -3.59. The zero-order valence-corrected chi connectivity index (χ0v) is 13.2. The molecular weight excluding hydrogens is 288 g/mol. The molecule has 21 heavy (non-hydrogen) atoms. The molecular formula is C15H24N2O3S. The Hall–Kier alpha value is -1.11. The van der Waals surface area contributed by atoms with Crippen LogP contribution in [0.1, 0.15) is 38.2 Å². The Bertz CT molecular complexity index is 587. The van der Waals surface area contributed by atoms with Gasteiger partial charge in [-0.05, 0) is 42.9 Å². The first-order valence-corrected chi connectivity index (χ1v) is 8.98. The van der Waals surface area contributed by atoms with Crippen LogP contribution in [0.5, 0.6) is 0 Å². The van der Waals surface area contributed by atoms with Gasteiger partial charge in [-0.3, -0.25) is 0 Å². The number of sulfonamides is 1. The lowest BCUT2D eigenvalue weighted by molar-refractivity contribution is 0.164. The average molecular weight is 312 g/mol. The fourth-order valence-corrected chi connectivity index (χ4v) is 4.29. The van der Waals surface area contributed by atoms with Crippen LogP contribution in [-0.2, 0) is 16.4 Å². The minimum absolute atomic E-state index is 0.000729. The Labute approximate surface area is 126 Å². The number of hydrogen-bond donors (Lipinski definition) is 3. The summed E-state index contributed by atoms with van der Waals surface area (Å²) in [5, 5.41) is 9.39. The third-order valence-corrected chi connectivity index (χ3v) is 5.75. The van der Waals surface area contributed by atoms with Crippen molar-refractivity contribution in [1.29, 1.82) is 0 Å². The van der Waals surface area contributed by atoms with Gasteiger partial charge in [-0.1, -0.05) is 25.8 Å². The predicted octanol–water partition coefficient (Wildman–Crippen LogP) is 1.66. The molecule has 1 aliphatic carbocycles. The Morgan fingerprint density at radius 3 is 2.67 bits per heavy atom. The highest BCUT2D eigenvalue weighted by Gasteiger charge is 2.29. The summed E-state index contributed by atoms with van der Waals surface area (Å²) in [6.07, 6.45) is 4.44. The van der Waals surface area contributed by atoms with Gasteiger partial charge in [-0.15, -0.1) is 0 Å². The fourth-order valence-electron chi connectivity index (χ4n) is 2.91. The lowest BCUT2D eigenvalue weighted by Crippen LogP contribution is -2.43. The van der Waals surface area contributed by atoms with E-state index in [-0.39, 0.29) is 23.5 Å². The molecule has 0 amide bonds. The molecule has 5 nitrogen and oxygen atoms in total. The van der Waals surface area contributed by atoms with E-state index in [4.69, 9.17) is 5.73 Å². The molecule has 2 rings (SSSR count). The van der Waals surface area contributed by atoms with E-state index in [1.807, 2.05) is 6.92 Å². The summed E-state index contributed by atoms with van der Waals surface area (Å²) in [6, 6.07) is 4.67. The van der Waals surface area contributed by atoms with Crippen molar-refractivity contribution in [2.24, 2.45) is 5.92 Å². The van der Waals surface area contributed by atoms with E-state index in [1.165, 1.54) is 6.07 Å². The first kappa shape index (κ1) is 16.3. The van der Waals surface area contributed by atoms with Gasteiger partial charge in [0.1, 0.15) is 0 Å². The van der Waals surface area contributed by atoms with E-state index < -0.39 is 10.0 Å². The SMILES string of the molecule is CCc1ccc(S(=O)(=O)NC2CCCCC2CO)cc1N. The lowest BCUT2D eigenvalue weighted by Gasteiger charge is -2.30. The maximum atomic E-state index is 12.5. The standard InChI is InChI=1S/C15H24N2O3S/c1-2-11-7-8-13(9-14(11)16)21(19,20)17-15-6-4-3-5-12(15)10-18/h7-9,12,15,17-18H,2-6,10,16H2,1H3. The summed E-state index contributed by atoms with van der Waals surface area (Å²) in [4.78, 5) is 0.194. The number of nitrogens with two attached hydrogens (primary N) is 1. The zero-order valence-electron chi connectivity index (χ0n) is 12.4. The summed E-state index contributed by atoms with van der Waals surface area (Å²) in [5.41, 5.74) is 7.33. The number of anilines is 1. The van der Waals surface area contributed by atoms with E-state index in [9.17, 15) is 13.5 Å². The first-order chi connectivity index (χ1) is 9.97. The Morgan fingerprint density at radius 2 is 2.05 bits per heavy atom. The van der Waals surface area contributed by atoms with Gasteiger partial charge in [0.25, 0.3) is 0 Å². The minimum Gasteiger partial charge on any atom is -0.398 e. The van der Waals surface area contributed by atoms with Crippen molar-refractivity contribution in [3.05, 3.63) is 23.8 Å². The van der Waals surface area contributed by atoms with Crippen LogP contribution in [0, 0.1) is 5.92 Å². The predicted molar refractivity (Wildman–Crippen MR) is 83.4 cm³/mol. The van der Waals surface area contributed by atoms with Crippen molar-refractivity contribution in [1.82, 2.24) is 4.72 Å². The van der Waals surface area contributed by atoms with Gasteiger partial charge in [0.05, 0.1) is 4.90 Å². The molecule has 0 bridgehead atoms. The normalized spacial score (nSPS) is 23.1. The number of rotatable bonds is 5. The van der Waals surface area contributed by atoms with Crippen molar-refractivity contribution in [2.75, 3.05) is 12.3 Å². The Morgan fingerprint density at radius 1 is 1.33 bits per heavy atom. The Balaban J connectivity index is 2.19. The van der Waals surface area contributed by atoms with E-state index in [2.05, 4.69) is 4.72 Å². The second-order valence-electron chi connectivity index (χ2n) is 5.67. The van der Waals surface area contributed by atoms with Crippen LogP contribution in [0.15, 0.2) is 23.1 Å². The summed E-state index contributed by atoms with van der Waals surface area (Å²) < 4.78 is 27.7. The van der Waals surface area contributed by atoms with Crippen LogP contribution in [0.3, 0.4) is 0 Å². The average Bonchev–Trinajstić information content (AvgIpc) is 2.47. The molecule has 0 aromatic heterocycles. The van der Waals surface area contributed by atoms with Crippen LogP contribution in [0.25, 0.3) is 0 Å². The summed E-state index contributed by atoms with van der Waals surface area (Å²) in [6.45, 7) is 2.00. The molecule has 0 radical (unpaired) electrons. The molecule has 0 saturated heterocycles. The van der Waals surface area contributed by atoms with Crippen molar-refractivity contribution in [3.63, 3.8) is 0 Å². The van der Waals surface area contributed by atoms with E-state index in [0.29, 0.717) is 5.69 Å². The van der Waals surface area contributed by atoms with Gasteiger partial charge in [-0.2, -0.15) is 0 Å². The first-order valence-electron chi connectivity index (χ1n) is 7.49. The molecule has 1 aromatic carbocycles. The molecule has 0 aliphatic heterocycles. The maximum Gasteiger partial charge on any atom is 0.240 e. The Kier molecular flexibility index (Phi) is 5.24. The molecule has 0 spiro atoms. The maximum absolute atomic E-state index is 12.5. The van der Waals surface area contributed by atoms with Gasteiger partial charge in [-0.25, -0.2) is 13.1 Å². The number of nitrogen functional groups attached to an aromatic ring is 1. The topological polar surface area (TPSA) is 92.4 Å². The summed E-state index contributed by atoms with van der Waals surface area (Å²) in [5.74, 6) is 0.000729. The molecule has 1 saturated carbocycles. The molecule has 1 fully saturated rings. The molecule has 6 heteroatoms. The van der Waals surface area contributed by atoms with E-state index in [1.54, 1.807) is 12.1 Å². The van der Waals surface area contributed by atoms with Gasteiger partial charge in [0.2, 0.25) is 10.0 Å². The second-order valence-corrected chi connectivity index (χ2v) is 7.38. The number of benzene rings is 1. The lowest BCUT2D eigenvalue weighted by atomic mass is 9.86. The van der Waals surface area contributed by atoms with Crippen LogP contribution < -0.4 is 10.5 Å². The quantitative estimate of drug-likeness (QED) is 0.721. The number of aryl methyl sites for hydroxylation is 1. The monoisotopic (exact) mass is 312 g/mol. The summed E-state index contributed by atoms with van der Waals surface area (Å²) >= 11 is 0. The number of aliphatic hydroxyl groups excluding tert-OH is 1. The molecule has 4 N–H and O–H groups in total. The molecule has 0 heterocycles. The van der Waals surface area contributed by atoms with Crippen LogP contribution in [-0.4, -0.2) is 26.2 Å². The molecule has 1 aromatic rings. The highest BCUT2D eigenvalue weighted by molar-refractivity contribution is 7.89. The smallest absolute Gasteiger partial charge is 0.240 e. The molecule has 1 aliphatic rings. The van der Waals surface area contributed by atoms with Crippen molar-refractivity contribution in [3.8, 4) is 0 Å². The molecule has 118 valence electrons. The second kappa shape index (κ2) is 6.77. The largest absolute Gasteiger partial charge is 0.398 e.